The van der Waals surface area contributed by atoms with E-state index in [2.05, 4.69) is 0 Å². The first-order valence-corrected chi connectivity index (χ1v) is 10.6. The molecule has 5 atom stereocenters. The molecule has 1 aromatic heterocycles. The number of hydrogen-bond donors (Lipinski definition) is 5. The molecule has 0 amide bonds. The molecule has 0 aliphatic carbocycles. The molecular formula is C24H24O11. The topological polar surface area (TPSA) is 176 Å². The van der Waals surface area contributed by atoms with Crippen molar-refractivity contribution in [3.8, 4) is 28.6 Å². The Morgan fingerprint density at radius 2 is 1.77 bits per heavy atom. The van der Waals surface area contributed by atoms with E-state index in [1.807, 2.05) is 0 Å². The van der Waals surface area contributed by atoms with Gasteiger partial charge in [0.1, 0.15) is 52.8 Å². The Morgan fingerprint density at radius 1 is 1.09 bits per heavy atom. The first-order chi connectivity index (χ1) is 16.7. The van der Waals surface area contributed by atoms with E-state index in [1.165, 1.54) is 31.4 Å². The molecule has 0 unspecified atom stereocenters. The SMILES string of the molecule is COc1cc(O)c2c(=O)cc(-c3ccc(O)cc3)oc2c1[C@@H]1O[C@H](CO)[C@@H](O)[C@H](OC(C)=O)[C@H]1O. The predicted molar refractivity (Wildman–Crippen MR) is 120 cm³/mol. The standard InChI is InChI=1S/C24H24O11/c1-10(26)33-24-20(30)17(9-25)35-23(21(24)31)19-16(32-2)8-14(29)18-13(28)7-15(34-22(18)19)11-3-5-12(27)6-4-11/h3-8,17,20-21,23-25,27,29-31H,9H2,1-2H3/t17-,20-,21+,23+,24+/m1/s1. The molecule has 35 heavy (non-hydrogen) atoms. The van der Waals surface area contributed by atoms with E-state index in [0.717, 1.165) is 19.1 Å². The molecule has 1 aliphatic rings. The van der Waals surface area contributed by atoms with Crippen molar-refractivity contribution in [2.75, 3.05) is 13.7 Å². The maximum Gasteiger partial charge on any atom is 0.303 e. The van der Waals surface area contributed by atoms with Crippen molar-refractivity contribution in [1.82, 2.24) is 0 Å². The van der Waals surface area contributed by atoms with Crippen LogP contribution in [-0.4, -0.2) is 69.6 Å². The normalized spacial score (nSPS) is 24.3. The van der Waals surface area contributed by atoms with Crippen LogP contribution in [0.25, 0.3) is 22.3 Å². The molecule has 0 spiro atoms. The lowest BCUT2D eigenvalue weighted by molar-refractivity contribution is -0.240. The van der Waals surface area contributed by atoms with Crippen LogP contribution < -0.4 is 10.2 Å². The fraction of sp³-hybridized carbons (Fsp3) is 0.333. The zero-order valence-corrected chi connectivity index (χ0v) is 18.7. The molecule has 2 heterocycles. The summed E-state index contributed by atoms with van der Waals surface area (Å²) in [6.45, 7) is 0.417. The summed E-state index contributed by atoms with van der Waals surface area (Å²) in [5.74, 6) is -1.18. The summed E-state index contributed by atoms with van der Waals surface area (Å²) in [5.41, 5.74) is -0.373. The number of fused-ring (bicyclic) bond motifs is 1. The maximum absolute atomic E-state index is 13.0. The molecule has 2 aromatic carbocycles. The van der Waals surface area contributed by atoms with E-state index in [-0.39, 0.29) is 33.8 Å². The first kappa shape index (κ1) is 24.5. The van der Waals surface area contributed by atoms with Crippen molar-refractivity contribution in [3.63, 3.8) is 0 Å². The molecule has 0 bridgehead atoms. The number of hydrogen-bond acceptors (Lipinski definition) is 11. The highest BCUT2D eigenvalue weighted by atomic mass is 16.6. The molecule has 1 saturated heterocycles. The summed E-state index contributed by atoms with van der Waals surface area (Å²) < 4.78 is 22.2. The maximum atomic E-state index is 13.0. The Morgan fingerprint density at radius 3 is 2.37 bits per heavy atom. The Balaban J connectivity index is 1.97. The van der Waals surface area contributed by atoms with Crippen LogP contribution in [0.1, 0.15) is 18.6 Å². The summed E-state index contributed by atoms with van der Waals surface area (Å²) in [7, 11) is 1.28. The lowest BCUT2D eigenvalue weighted by Gasteiger charge is -2.42. The van der Waals surface area contributed by atoms with Crippen LogP contribution in [-0.2, 0) is 14.3 Å². The van der Waals surface area contributed by atoms with Gasteiger partial charge in [0.25, 0.3) is 0 Å². The van der Waals surface area contributed by atoms with Gasteiger partial charge in [-0.1, -0.05) is 0 Å². The number of ether oxygens (including phenoxy) is 3. The summed E-state index contributed by atoms with van der Waals surface area (Å²) >= 11 is 0. The number of carbonyl (C=O) groups is 1. The molecule has 11 heteroatoms. The molecule has 5 N–H and O–H groups in total. The van der Waals surface area contributed by atoms with Crippen molar-refractivity contribution in [2.24, 2.45) is 0 Å². The van der Waals surface area contributed by atoms with Gasteiger partial charge in [-0.3, -0.25) is 9.59 Å². The van der Waals surface area contributed by atoms with Gasteiger partial charge in [0.15, 0.2) is 17.1 Å². The van der Waals surface area contributed by atoms with Crippen molar-refractivity contribution in [1.29, 1.82) is 0 Å². The largest absolute Gasteiger partial charge is 0.508 e. The van der Waals surface area contributed by atoms with Crippen molar-refractivity contribution in [3.05, 3.63) is 52.2 Å². The summed E-state index contributed by atoms with van der Waals surface area (Å²) in [4.78, 5) is 24.6. The molecule has 1 fully saturated rings. The van der Waals surface area contributed by atoms with Crippen LogP contribution in [0.15, 0.2) is 45.6 Å². The highest BCUT2D eigenvalue weighted by molar-refractivity contribution is 5.89. The number of aliphatic hydroxyl groups excluding tert-OH is 3. The zero-order chi connectivity index (χ0) is 25.4. The number of aromatic hydroxyl groups is 2. The number of carbonyl (C=O) groups excluding carboxylic acids is 1. The first-order valence-electron chi connectivity index (χ1n) is 10.6. The number of methoxy groups -OCH3 is 1. The van der Waals surface area contributed by atoms with E-state index in [4.69, 9.17) is 18.6 Å². The second kappa shape index (κ2) is 9.55. The average molecular weight is 488 g/mol. The Bertz CT molecular complexity index is 1300. The summed E-state index contributed by atoms with van der Waals surface area (Å²) in [6.07, 6.45) is -7.38. The van der Waals surface area contributed by atoms with Gasteiger partial charge in [-0.05, 0) is 24.3 Å². The van der Waals surface area contributed by atoms with Gasteiger partial charge >= 0.3 is 5.97 Å². The zero-order valence-electron chi connectivity index (χ0n) is 18.7. The number of benzene rings is 2. The molecule has 0 radical (unpaired) electrons. The second-order valence-electron chi connectivity index (χ2n) is 8.07. The molecule has 4 rings (SSSR count). The molecule has 11 nitrogen and oxygen atoms in total. The Kier molecular flexibility index (Phi) is 6.68. The van der Waals surface area contributed by atoms with Crippen molar-refractivity contribution < 1.29 is 49.0 Å². The number of phenolic OH excluding ortho intramolecular Hbond substituents is 2. The monoisotopic (exact) mass is 488 g/mol. The summed E-state index contributed by atoms with van der Waals surface area (Å²) in [6, 6.07) is 8.12. The minimum atomic E-state index is -1.67. The average Bonchev–Trinajstić information content (AvgIpc) is 2.82. The van der Waals surface area contributed by atoms with Crippen LogP contribution in [0.3, 0.4) is 0 Å². The van der Waals surface area contributed by atoms with Crippen LogP contribution >= 0.6 is 0 Å². The smallest absolute Gasteiger partial charge is 0.303 e. The lowest BCUT2D eigenvalue weighted by atomic mass is 9.89. The van der Waals surface area contributed by atoms with Gasteiger partial charge in [0, 0.05) is 24.6 Å². The van der Waals surface area contributed by atoms with E-state index >= 15 is 0 Å². The highest BCUT2D eigenvalue weighted by Gasteiger charge is 2.48. The van der Waals surface area contributed by atoms with Crippen LogP contribution in [0.5, 0.6) is 17.2 Å². The quantitative estimate of drug-likeness (QED) is 0.323. The molecule has 3 aromatic rings. The minimum absolute atomic E-state index is 0.000679. The van der Waals surface area contributed by atoms with Crippen LogP contribution in [0.2, 0.25) is 0 Å². The Hall–Kier alpha value is -3.64. The summed E-state index contributed by atoms with van der Waals surface area (Å²) in [5, 5.41) is 51.1. The second-order valence-corrected chi connectivity index (χ2v) is 8.07. The fourth-order valence-corrected chi connectivity index (χ4v) is 4.17. The molecular weight excluding hydrogens is 464 g/mol. The van der Waals surface area contributed by atoms with E-state index in [0.29, 0.717) is 5.56 Å². The van der Waals surface area contributed by atoms with Gasteiger partial charge < -0.3 is 44.2 Å². The third-order valence-corrected chi connectivity index (χ3v) is 5.81. The fourth-order valence-electron chi connectivity index (χ4n) is 4.17. The van der Waals surface area contributed by atoms with E-state index in [9.17, 15) is 35.1 Å². The minimum Gasteiger partial charge on any atom is -0.508 e. The third-order valence-electron chi connectivity index (χ3n) is 5.81. The van der Waals surface area contributed by atoms with Gasteiger partial charge in [-0.25, -0.2) is 0 Å². The van der Waals surface area contributed by atoms with Gasteiger partial charge in [0.05, 0.1) is 19.3 Å². The number of rotatable bonds is 5. The van der Waals surface area contributed by atoms with Crippen LogP contribution in [0, 0.1) is 0 Å². The predicted octanol–water partition coefficient (Wildman–Crippen LogP) is 0.965. The van der Waals surface area contributed by atoms with E-state index < -0.39 is 54.3 Å². The van der Waals surface area contributed by atoms with Crippen LogP contribution in [0.4, 0.5) is 0 Å². The van der Waals surface area contributed by atoms with E-state index in [1.54, 1.807) is 0 Å². The number of phenols is 2. The molecule has 186 valence electrons. The molecule has 1 aliphatic heterocycles. The lowest BCUT2D eigenvalue weighted by Crippen LogP contribution is -2.56. The Labute approximate surface area is 198 Å². The van der Waals surface area contributed by atoms with Gasteiger partial charge in [-0.15, -0.1) is 0 Å². The van der Waals surface area contributed by atoms with Crippen molar-refractivity contribution in [2.45, 2.75) is 37.4 Å². The number of esters is 1. The van der Waals surface area contributed by atoms with Gasteiger partial charge in [0.2, 0.25) is 0 Å². The number of aliphatic hydroxyl groups is 3. The van der Waals surface area contributed by atoms with Gasteiger partial charge in [-0.2, -0.15) is 0 Å². The third kappa shape index (κ3) is 4.42. The molecule has 0 saturated carbocycles. The van der Waals surface area contributed by atoms with Crippen molar-refractivity contribution >= 4 is 16.9 Å². The highest BCUT2D eigenvalue weighted by Crippen LogP contribution is 2.44.